The minimum Gasteiger partial charge on any atom is -0.508 e. The molecule has 0 aromatic heterocycles. The highest BCUT2D eigenvalue weighted by Gasteiger charge is 2.39. The molecule has 1 heterocycles. The first-order valence-electron chi connectivity index (χ1n) is 6.74. The molecule has 0 amide bonds. The van der Waals surface area contributed by atoms with Gasteiger partial charge in [0.25, 0.3) is 0 Å². The molecule has 120 valence electrons. The largest absolute Gasteiger partial charge is 0.508 e. The fraction of sp³-hybridized carbons (Fsp3) is 0.188. The Morgan fingerprint density at radius 3 is 2.52 bits per heavy atom. The Morgan fingerprint density at radius 2 is 1.83 bits per heavy atom. The molecule has 0 spiro atoms. The van der Waals surface area contributed by atoms with Crippen LogP contribution < -0.4 is 9.47 Å². The molecule has 2 atom stereocenters. The van der Waals surface area contributed by atoms with Crippen molar-refractivity contribution in [2.75, 3.05) is 7.11 Å². The second-order valence-electron chi connectivity index (χ2n) is 5.12. The molecule has 0 unspecified atom stereocenters. The van der Waals surface area contributed by atoms with Gasteiger partial charge in [-0.25, -0.2) is 0 Å². The summed E-state index contributed by atoms with van der Waals surface area (Å²) in [5.74, 6) is -1.42. The Morgan fingerprint density at radius 1 is 1.09 bits per heavy atom. The average molecular weight is 318 g/mol. The van der Waals surface area contributed by atoms with E-state index in [2.05, 4.69) is 0 Å². The van der Waals surface area contributed by atoms with Gasteiger partial charge in [-0.2, -0.15) is 0 Å². The molecule has 1 aliphatic heterocycles. The zero-order chi connectivity index (χ0) is 16.7. The maximum absolute atomic E-state index is 12.3. The first-order chi connectivity index (χ1) is 10.9. The van der Waals surface area contributed by atoms with Crippen molar-refractivity contribution in [2.24, 2.45) is 0 Å². The van der Waals surface area contributed by atoms with Crippen LogP contribution in [-0.4, -0.2) is 39.4 Å². The minimum atomic E-state index is -1.55. The van der Waals surface area contributed by atoms with E-state index < -0.39 is 23.7 Å². The van der Waals surface area contributed by atoms with Gasteiger partial charge in [0, 0.05) is 12.1 Å². The van der Waals surface area contributed by atoms with E-state index in [4.69, 9.17) is 9.47 Å². The Hall–Kier alpha value is -2.93. The van der Waals surface area contributed by atoms with Crippen LogP contribution in [0.4, 0.5) is 0 Å². The number of aromatic hydroxyl groups is 3. The average Bonchev–Trinajstić information content (AvgIpc) is 2.50. The van der Waals surface area contributed by atoms with Crippen LogP contribution >= 0.6 is 0 Å². The van der Waals surface area contributed by atoms with Crippen molar-refractivity contribution < 1.29 is 34.7 Å². The van der Waals surface area contributed by atoms with Crippen molar-refractivity contribution in [2.45, 2.75) is 12.2 Å². The van der Waals surface area contributed by atoms with Crippen molar-refractivity contribution in [1.29, 1.82) is 0 Å². The van der Waals surface area contributed by atoms with Crippen LogP contribution in [-0.2, 0) is 0 Å². The van der Waals surface area contributed by atoms with Crippen LogP contribution in [0.2, 0.25) is 0 Å². The molecule has 0 saturated heterocycles. The summed E-state index contributed by atoms with van der Waals surface area (Å²) in [5, 5.41) is 39.1. The smallest absolute Gasteiger partial charge is 0.202 e. The highest BCUT2D eigenvalue weighted by molar-refractivity contribution is 6.05. The Balaban J connectivity index is 2.07. The first kappa shape index (κ1) is 15.0. The Bertz CT molecular complexity index is 784. The van der Waals surface area contributed by atoms with Crippen molar-refractivity contribution >= 4 is 5.78 Å². The summed E-state index contributed by atoms with van der Waals surface area (Å²) in [5.41, 5.74) is 0.214. The van der Waals surface area contributed by atoms with E-state index in [9.17, 15) is 25.2 Å². The van der Waals surface area contributed by atoms with Crippen LogP contribution in [0.15, 0.2) is 30.3 Å². The molecule has 0 saturated carbocycles. The third kappa shape index (κ3) is 2.40. The second-order valence-corrected chi connectivity index (χ2v) is 5.12. The van der Waals surface area contributed by atoms with Crippen molar-refractivity contribution in [3.05, 3.63) is 41.5 Å². The number of aliphatic hydroxyl groups excluding tert-OH is 1. The van der Waals surface area contributed by atoms with Crippen molar-refractivity contribution in [3.8, 4) is 28.7 Å². The number of phenols is 3. The van der Waals surface area contributed by atoms with Gasteiger partial charge in [-0.1, -0.05) is 6.07 Å². The predicted octanol–water partition coefficient (Wildman–Crippen LogP) is 1.49. The molecule has 3 rings (SSSR count). The number of hydrogen-bond acceptors (Lipinski definition) is 7. The van der Waals surface area contributed by atoms with Gasteiger partial charge < -0.3 is 29.9 Å². The van der Waals surface area contributed by atoms with Gasteiger partial charge in [0.15, 0.2) is 23.7 Å². The van der Waals surface area contributed by atoms with Gasteiger partial charge in [0.2, 0.25) is 5.78 Å². The van der Waals surface area contributed by atoms with E-state index in [1.165, 1.54) is 31.4 Å². The maximum atomic E-state index is 12.3. The molecule has 0 fully saturated rings. The second kappa shape index (κ2) is 5.36. The zero-order valence-electron chi connectivity index (χ0n) is 12.1. The lowest BCUT2D eigenvalue weighted by Crippen LogP contribution is -2.36. The van der Waals surface area contributed by atoms with E-state index in [1.54, 1.807) is 0 Å². The summed E-state index contributed by atoms with van der Waals surface area (Å²) in [6.07, 6.45) is -2.61. The predicted molar refractivity (Wildman–Crippen MR) is 78.1 cm³/mol. The fourth-order valence-corrected chi connectivity index (χ4v) is 2.54. The van der Waals surface area contributed by atoms with Gasteiger partial charge >= 0.3 is 0 Å². The highest BCUT2D eigenvalue weighted by Crippen LogP contribution is 2.42. The quantitative estimate of drug-likeness (QED) is 0.663. The summed E-state index contributed by atoms with van der Waals surface area (Å²) >= 11 is 0. The number of ketones is 1. The van der Waals surface area contributed by atoms with E-state index in [0.29, 0.717) is 5.56 Å². The molecule has 2 aromatic rings. The third-order valence-corrected chi connectivity index (χ3v) is 3.65. The SMILES string of the molecule is COc1cc([C@H]2Oc3cc(O)cc(O)c3C(=O)[C@@H]2O)ccc1O. The van der Waals surface area contributed by atoms with Gasteiger partial charge in [-0.15, -0.1) is 0 Å². The number of benzene rings is 2. The molecular weight excluding hydrogens is 304 g/mol. The number of phenolic OH excluding ortho intramolecular Hbond substituents is 3. The number of carbonyl (C=O) groups excluding carboxylic acids is 1. The van der Waals surface area contributed by atoms with Crippen LogP contribution in [0.25, 0.3) is 0 Å². The minimum absolute atomic E-state index is 0.0326. The lowest BCUT2D eigenvalue weighted by Gasteiger charge is -2.30. The van der Waals surface area contributed by atoms with E-state index >= 15 is 0 Å². The number of Topliss-reactive ketones (excluding diaryl/α,β-unsaturated/α-hetero) is 1. The maximum Gasteiger partial charge on any atom is 0.202 e. The van der Waals surface area contributed by atoms with Crippen LogP contribution in [0.1, 0.15) is 22.0 Å². The molecule has 0 radical (unpaired) electrons. The molecule has 0 bridgehead atoms. The summed E-state index contributed by atoms with van der Waals surface area (Å²) < 4.78 is 10.6. The molecule has 2 aromatic carbocycles. The Kier molecular flexibility index (Phi) is 3.49. The summed E-state index contributed by atoms with van der Waals surface area (Å²) in [6.45, 7) is 0. The number of carbonyl (C=O) groups is 1. The Labute approximate surface area is 131 Å². The van der Waals surface area contributed by atoms with Gasteiger partial charge in [-0.3, -0.25) is 4.79 Å². The lowest BCUT2D eigenvalue weighted by atomic mass is 9.92. The van der Waals surface area contributed by atoms with Crippen LogP contribution in [0.3, 0.4) is 0 Å². The normalized spacial score (nSPS) is 19.8. The third-order valence-electron chi connectivity index (χ3n) is 3.65. The molecule has 7 nitrogen and oxygen atoms in total. The number of ether oxygens (including phenoxy) is 2. The summed E-state index contributed by atoms with van der Waals surface area (Å²) in [4.78, 5) is 12.3. The number of rotatable bonds is 2. The molecule has 7 heteroatoms. The van der Waals surface area contributed by atoms with Gasteiger partial charge in [0.05, 0.1) is 7.11 Å². The van der Waals surface area contributed by atoms with Crippen molar-refractivity contribution in [3.63, 3.8) is 0 Å². The fourth-order valence-electron chi connectivity index (χ4n) is 2.54. The van der Waals surface area contributed by atoms with Crippen LogP contribution in [0.5, 0.6) is 28.7 Å². The summed E-state index contributed by atoms with van der Waals surface area (Å²) in [6, 6.07) is 6.45. The monoisotopic (exact) mass is 318 g/mol. The van der Waals surface area contributed by atoms with Gasteiger partial charge in [-0.05, 0) is 17.7 Å². The summed E-state index contributed by atoms with van der Waals surface area (Å²) in [7, 11) is 1.37. The molecule has 23 heavy (non-hydrogen) atoms. The molecule has 0 aliphatic carbocycles. The van der Waals surface area contributed by atoms with E-state index in [1.807, 2.05) is 0 Å². The van der Waals surface area contributed by atoms with Crippen molar-refractivity contribution in [1.82, 2.24) is 0 Å². The topological polar surface area (TPSA) is 116 Å². The lowest BCUT2D eigenvalue weighted by molar-refractivity contribution is 0.0210. The zero-order valence-corrected chi connectivity index (χ0v) is 12.1. The number of hydrogen-bond donors (Lipinski definition) is 4. The number of fused-ring (bicyclic) bond motifs is 1. The standard InChI is InChI=1S/C16H14O7/c1-22-11-4-7(2-3-9(11)18)16-15(21)14(20)13-10(19)5-8(17)6-12(13)23-16/h2-6,15-19,21H,1H3/t15-,16+/m0/s1. The molecule has 1 aliphatic rings. The number of aliphatic hydroxyl groups is 1. The first-order valence-corrected chi connectivity index (χ1v) is 6.74. The van der Waals surface area contributed by atoms with E-state index in [0.717, 1.165) is 6.07 Å². The molecule has 4 N–H and O–H groups in total. The van der Waals surface area contributed by atoms with Gasteiger partial charge in [0.1, 0.15) is 22.8 Å². The van der Waals surface area contributed by atoms with Crippen LogP contribution in [0, 0.1) is 0 Å². The molecular formula is C16H14O7. The number of methoxy groups -OCH3 is 1. The van der Waals surface area contributed by atoms with E-state index in [-0.39, 0.29) is 28.6 Å². The highest BCUT2D eigenvalue weighted by atomic mass is 16.5.